The summed E-state index contributed by atoms with van der Waals surface area (Å²) >= 11 is 0. The predicted octanol–water partition coefficient (Wildman–Crippen LogP) is 9.41. The summed E-state index contributed by atoms with van der Waals surface area (Å²) in [7, 11) is 0. The van der Waals surface area contributed by atoms with Crippen LogP contribution >= 0.6 is 0 Å². The van der Waals surface area contributed by atoms with Crippen LogP contribution in [0.1, 0.15) is 90.4 Å². The number of nitrogens with zero attached hydrogens (tertiary/aromatic N) is 3. The van der Waals surface area contributed by atoms with Gasteiger partial charge in [-0.1, -0.05) is 60.5 Å². The van der Waals surface area contributed by atoms with E-state index < -0.39 is 23.6 Å². The van der Waals surface area contributed by atoms with Crippen molar-refractivity contribution in [1.82, 2.24) is 4.90 Å². The van der Waals surface area contributed by atoms with E-state index in [2.05, 4.69) is 18.7 Å². The number of nitriles is 1. The molecule has 4 aromatic carbocycles. The molecule has 7 rings (SSSR count). The molecule has 0 saturated heterocycles. The van der Waals surface area contributed by atoms with Crippen molar-refractivity contribution in [3.8, 4) is 17.6 Å². The van der Waals surface area contributed by atoms with Crippen molar-refractivity contribution in [2.45, 2.75) is 82.8 Å². The highest BCUT2D eigenvalue weighted by Crippen LogP contribution is 2.62. The Morgan fingerprint density at radius 1 is 1.00 bits per heavy atom. The molecule has 2 aliphatic carbocycles. The zero-order valence-corrected chi connectivity index (χ0v) is 35.6. The van der Waals surface area contributed by atoms with Crippen LogP contribution in [0, 0.1) is 40.7 Å². The SMILES string of the molecule is C=CCO[C@@]12Oc3ccc(OCc4ccccc4F)cc3[C@H]3[C@H](CCCCO)[C@@H](CCCCO)C=C(C(=NOCC)C[C@@H]1N(Cc1ccc(F)cc1)C(=O)c1ccc(C#N)cc1)[C@H]32. The highest BCUT2D eigenvalue weighted by molar-refractivity contribution is 6.03. The molecule has 1 saturated carbocycles. The molecule has 0 aromatic heterocycles. The molecule has 10 nitrogen and oxygen atoms in total. The second-order valence-corrected chi connectivity index (χ2v) is 16.3. The molecule has 2 N–H and O–H groups in total. The number of amides is 1. The summed E-state index contributed by atoms with van der Waals surface area (Å²) in [5, 5.41) is 34.2. The second kappa shape index (κ2) is 21.0. The van der Waals surface area contributed by atoms with Crippen LogP contribution in [0.2, 0.25) is 0 Å². The van der Waals surface area contributed by atoms with Crippen molar-refractivity contribution >= 4 is 11.6 Å². The number of rotatable bonds is 20. The van der Waals surface area contributed by atoms with E-state index in [0.29, 0.717) is 58.9 Å². The summed E-state index contributed by atoms with van der Waals surface area (Å²) in [4.78, 5) is 22.7. The molecule has 1 heterocycles. The van der Waals surface area contributed by atoms with Crippen molar-refractivity contribution in [1.29, 1.82) is 5.26 Å². The average Bonchev–Trinajstić information content (AvgIpc) is 3.30. The lowest BCUT2D eigenvalue weighted by molar-refractivity contribution is -0.255. The lowest BCUT2D eigenvalue weighted by Gasteiger charge is -2.60. The quantitative estimate of drug-likeness (QED) is 0.0511. The van der Waals surface area contributed by atoms with Gasteiger partial charge in [0.2, 0.25) is 5.79 Å². The minimum atomic E-state index is -1.55. The van der Waals surface area contributed by atoms with Crippen molar-refractivity contribution in [3.05, 3.63) is 155 Å². The molecule has 1 amide bonds. The van der Waals surface area contributed by atoms with Gasteiger partial charge in [0.05, 0.1) is 29.9 Å². The van der Waals surface area contributed by atoms with Crippen LogP contribution in [0.4, 0.5) is 8.78 Å². The zero-order chi connectivity index (χ0) is 44.3. The number of allylic oxidation sites excluding steroid dienone is 1. The lowest BCUT2D eigenvalue weighted by Crippen LogP contribution is -2.70. The number of benzene rings is 4. The van der Waals surface area contributed by atoms with Gasteiger partial charge in [-0.05, 0) is 116 Å². The third-order valence-corrected chi connectivity index (χ3v) is 12.5. The number of fused-ring (bicyclic) bond motifs is 2. The molecule has 0 unspecified atom stereocenters. The summed E-state index contributed by atoms with van der Waals surface area (Å²) < 4.78 is 49.8. The van der Waals surface area contributed by atoms with E-state index in [0.717, 1.165) is 36.8 Å². The Balaban J connectivity index is 1.45. The maximum Gasteiger partial charge on any atom is 0.254 e. The number of unbranched alkanes of at least 4 members (excludes halogenated alkanes) is 2. The summed E-state index contributed by atoms with van der Waals surface area (Å²) in [6.45, 7) is 6.38. The predicted molar refractivity (Wildman–Crippen MR) is 235 cm³/mol. The molecule has 4 aromatic rings. The van der Waals surface area contributed by atoms with Crippen LogP contribution in [0.5, 0.6) is 11.5 Å². The third kappa shape index (κ3) is 9.86. The molecule has 1 aliphatic heterocycles. The van der Waals surface area contributed by atoms with Gasteiger partial charge in [0.15, 0.2) is 0 Å². The van der Waals surface area contributed by atoms with Crippen LogP contribution in [0.25, 0.3) is 0 Å². The number of aliphatic hydroxyl groups is 2. The van der Waals surface area contributed by atoms with Crippen molar-refractivity contribution in [2.75, 3.05) is 26.4 Å². The summed E-state index contributed by atoms with van der Waals surface area (Å²) in [5.74, 6) is -2.56. The lowest BCUT2D eigenvalue weighted by atomic mass is 9.55. The largest absolute Gasteiger partial charge is 0.489 e. The summed E-state index contributed by atoms with van der Waals surface area (Å²) in [5.41, 5.74) is 4.17. The number of hydrogen-bond donors (Lipinski definition) is 2. The van der Waals surface area contributed by atoms with Crippen LogP contribution < -0.4 is 9.47 Å². The van der Waals surface area contributed by atoms with E-state index in [4.69, 9.17) is 24.2 Å². The van der Waals surface area contributed by atoms with Crippen molar-refractivity contribution in [2.24, 2.45) is 22.9 Å². The van der Waals surface area contributed by atoms with Gasteiger partial charge in [0.25, 0.3) is 5.91 Å². The highest BCUT2D eigenvalue weighted by atomic mass is 19.1. The first-order valence-corrected chi connectivity index (χ1v) is 21.9. The minimum absolute atomic E-state index is 0.00466. The fraction of sp³-hybridized carbons (Fsp3) is 0.392. The maximum atomic E-state index is 15.2. The van der Waals surface area contributed by atoms with Gasteiger partial charge in [-0.25, -0.2) is 8.78 Å². The smallest absolute Gasteiger partial charge is 0.254 e. The van der Waals surface area contributed by atoms with E-state index >= 15 is 4.79 Å². The summed E-state index contributed by atoms with van der Waals surface area (Å²) in [6.07, 6.45) is 8.33. The van der Waals surface area contributed by atoms with E-state index in [1.807, 2.05) is 19.1 Å². The molecule has 0 spiro atoms. The first kappa shape index (κ1) is 45.2. The molecule has 1 fully saturated rings. The maximum absolute atomic E-state index is 15.2. The van der Waals surface area contributed by atoms with Gasteiger partial charge in [-0.3, -0.25) is 4.79 Å². The van der Waals surface area contributed by atoms with Gasteiger partial charge in [0, 0.05) is 48.8 Å². The van der Waals surface area contributed by atoms with E-state index in [-0.39, 0.29) is 68.9 Å². The first-order chi connectivity index (χ1) is 30.7. The number of oxime groups is 1. The minimum Gasteiger partial charge on any atom is -0.489 e. The normalized spacial score (nSPS) is 22.8. The molecule has 3 aliphatic rings. The Bertz CT molecular complexity index is 2310. The Kier molecular flexibility index (Phi) is 15.1. The molecule has 0 radical (unpaired) electrons. The van der Waals surface area contributed by atoms with Gasteiger partial charge in [-0.15, -0.1) is 6.58 Å². The summed E-state index contributed by atoms with van der Waals surface area (Å²) in [6, 6.07) is 25.8. The van der Waals surface area contributed by atoms with E-state index in [9.17, 15) is 24.3 Å². The Hall–Kier alpha value is -5.87. The molecule has 63 heavy (non-hydrogen) atoms. The molecule has 6 atom stereocenters. The fourth-order valence-electron chi connectivity index (χ4n) is 9.62. The Morgan fingerprint density at radius 2 is 1.75 bits per heavy atom. The van der Waals surface area contributed by atoms with E-state index in [1.54, 1.807) is 71.6 Å². The van der Waals surface area contributed by atoms with E-state index in [1.165, 1.54) is 18.2 Å². The van der Waals surface area contributed by atoms with Gasteiger partial charge >= 0.3 is 0 Å². The number of carbonyl (C=O) groups excluding carboxylic acids is 1. The Labute approximate surface area is 368 Å². The fourth-order valence-corrected chi connectivity index (χ4v) is 9.62. The van der Waals surface area contributed by atoms with Crippen molar-refractivity contribution < 1.29 is 42.8 Å². The molecular formula is C51H55F2N3O7. The third-order valence-electron chi connectivity index (χ3n) is 12.5. The standard InChI is InChI=1S/C51H55F2N3O7/c1-3-27-61-51-47(56(32-35-17-21-39(52)22-18-35)50(59)36-19-15-34(31-54)16-20-36)30-45(55-62-4-2)42-28-37(11-7-9-25-57)41(13-8-10-26-58)48(49(42)51)43-29-40(23-24-46(43)63-51)60-33-38-12-5-6-14-44(38)53/h3,5-6,12,14-24,28-29,37,41,47-49,57-58H,1,4,7-11,13,25-27,30,32-33H2,2H3/t37-,41+,47-,48+,49+,51+/m0/s1. The molecular weight excluding hydrogens is 805 g/mol. The zero-order valence-electron chi connectivity index (χ0n) is 35.6. The number of hydrogen-bond acceptors (Lipinski definition) is 9. The first-order valence-electron chi connectivity index (χ1n) is 21.9. The van der Waals surface area contributed by atoms with Crippen LogP contribution in [-0.4, -0.2) is 65.0 Å². The molecule has 0 bridgehead atoms. The van der Waals surface area contributed by atoms with Crippen LogP contribution in [-0.2, 0) is 22.7 Å². The van der Waals surface area contributed by atoms with Crippen LogP contribution in [0.3, 0.4) is 0 Å². The topological polar surface area (TPSA) is 134 Å². The second-order valence-electron chi connectivity index (χ2n) is 16.3. The number of halogens is 2. The van der Waals surface area contributed by atoms with Gasteiger partial charge in [0.1, 0.15) is 42.4 Å². The number of ether oxygens (including phenoxy) is 3. The van der Waals surface area contributed by atoms with Crippen LogP contribution in [0.15, 0.2) is 120 Å². The van der Waals surface area contributed by atoms with Gasteiger partial charge < -0.3 is 34.2 Å². The Morgan fingerprint density at radius 3 is 2.44 bits per heavy atom. The monoisotopic (exact) mass is 859 g/mol. The molecule has 330 valence electrons. The van der Waals surface area contributed by atoms with Gasteiger partial charge in [-0.2, -0.15) is 5.26 Å². The number of carbonyl (C=O) groups is 1. The number of aliphatic hydroxyl groups excluding tert-OH is 2. The highest BCUT2D eigenvalue weighted by Gasteiger charge is 2.65. The van der Waals surface area contributed by atoms with Crippen molar-refractivity contribution in [3.63, 3.8) is 0 Å². The molecule has 12 heteroatoms. The average molecular weight is 860 g/mol.